The van der Waals surface area contributed by atoms with Gasteiger partial charge in [-0.15, -0.1) is 0 Å². The van der Waals surface area contributed by atoms with Gasteiger partial charge in [0.05, 0.1) is 37.1 Å². The molecule has 4 aliphatic heterocycles. The van der Waals surface area contributed by atoms with Crippen LogP contribution in [0.4, 0.5) is 0 Å². The van der Waals surface area contributed by atoms with Crippen molar-refractivity contribution in [3.05, 3.63) is 11.6 Å². The van der Waals surface area contributed by atoms with Gasteiger partial charge in [0.15, 0.2) is 18.4 Å². The minimum atomic E-state index is -5.05. The first-order valence-corrected chi connectivity index (χ1v) is 21.8. The van der Waals surface area contributed by atoms with E-state index in [9.17, 15) is 38.5 Å². The molecule has 16 heteroatoms. The number of allylic oxidation sites excluding steroid dienone is 1. The van der Waals surface area contributed by atoms with E-state index in [2.05, 4.69) is 33.8 Å². The Balaban J connectivity index is 1.07. The van der Waals surface area contributed by atoms with E-state index in [0.29, 0.717) is 30.1 Å². The third-order valence-electron chi connectivity index (χ3n) is 15.8. The molecule has 6 N–H and O–H groups in total. The fourth-order valence-corrected chi connectivity index (χ4v) is 13.4. The first kappa shape index (κ1) is 40.9. The molecule has 0 aromatic heterocycles. The Morgan fingerprint density at radius 3 is 2.24 bits per heavy atom. The Bertz CT molecular complexity index is 1570. The van der Waals surface area contributed by atoms with Crippen molar-refractivity contribution in [1.82, 2.24) is 0 Å². The summed E-state index contributed by atoms with van der Waals surface area (Å²) in [6.45, 7) is 12.9. The predicted molar refractivity (Wildman–Crippen MR) is 192 cm³/mol. The van der Waals surface area contributed by atoms with E-state index in [1.165, 1.54) is 13.8 Å². The van der Waals surface area contributed by atoms with E-state index in [-0.39, 0.29) is 29.8 Å². The molecule has 0 aromatic carbocycles. The molecule has 55 heavy (non-hydrogen) atoms. The van der Waals surface area contributed by atoms with E-state index >= 15 is 0 Å². The first-order chi connectivity index (χ1) is 25.8. The van der Waals surface area contributed by atoms with Crippen LogP contribution in [0.3, 0.4) is 0 Å². The zero-order chi connectivity index (χ0) is 39.6. The summed E-state index contributed by atoms with van der Waals surface area (Å²) in [6, 6.07) is 0. The van der Waals surface area contributed by atoms with Gasteiger partial charge in [0.1, 0.15) is 36.6 Å². The van der Waals surface area contributed by atoms with Crippen LogP contribution < -0.4 is 0 Å². The summed E-state index contributed by atoms with van der Waals surface area (Å²) < 4.78 is 76.3. The van der Waals surface area contributed by atoms with Crippen LogP contribution in [0, 0.1) is 46.3 Å². The number of rotatable bonds is 6. The lowest BCUT2D eigenvalue weighted by atomic mass is 9.46. The maximum atomic E-state index is 11.8. The second kappa shape index (κ2) is 14.4. The van der Waals surface area contributed by atoms with E-state index < -0.39 is 95.2 Å². The number of fused-ring (bicyclic) bond motifs is 7. The van der Waals surface area contributed by atoms with E-state index in [1.807, 2.05) is 0 Å². The van der Waals surface area contributed by atoms with Crippen molar-refractivity contribution in [3.8, 4) is 0 Å². The number of aliphatic hydroxyl groups is 5. The van der Waals surface area contributed by atoms with Crippen molar-refractivity contribution >= 4 is 10.4 Å². The molecule has 0 bridgehead atoms. The maximum Gasteiger partial charge on any atom is 0.397 e. The summed E-state index contributed by atoms with van der Waals surface area (Å²) >= 11 is 0. The highest BCUT2D eigenvalue weighted by molar-refractivity contribution is 7.80. The molecule has 8 rings (SSSR count). The molecule has 3 saturated carbocycles. The number of aliphatic hydroxyl groups excluding tert-OH is 5. The molecule has 8 aliphatic rings. The Morgan fingerprint density at radius 2 is 1.55 bits per heavy atom. The quantitative estimate of drug-likeness (QED) is 0.168. The highest BCUT2D eigenvalue weighted by Gasteiger charge is 2.69. The van der Waals surface area contributed by atoms with Gasteiger partial charge in [-0.25, -0.2) is 4.18 Å². The van der Waals surface area contributed by atoms with Crippen LogP contribution in [0.25, 0.3) is 0 Å². The van der Waals surface area contributed by atoms with Crippen molar-refractivity contribution in [1.29, 1.82) is 0 Å². The van der Waals surface area contributed by atoms with Crippen LogP contribution in [-0.4, -0.2) is 131 Å². The van der Waals surface area contributed by atoms with Gasteiger partial charge < -0.3 is 54.0 Å². The van der Waals surface area contributed by atoms with Gasteiger partial charge in [-0.3, -0.25) is 4.55 Å². The Kier molecular flexibility index (Phi) is 10.7. The van der Waals surface area contributed by atoms with E-state index in [4.69, 9.17) is 32.6 Å². The van der Waals surface area contributed by atoms with Crippen molar-refractivity contribution in [3.63, 3.8) is 0 Å². The molecule has 0 amide bonds. The Morgan fingerprint density at radius 1 is 0.818 bits per heavy atom. The molecule has 4 heterocycles. The van der Waals surface area contributed by atoms with Gasteiger partial charge in [-0.1, -0.05) is 39.3 Å². The van der Waals surface area contributed by atoms with Gasteiger partial charge in [0.25, 0.3) is 0 Å². The molecule has 5 unspecified atom stereocenters. The van der Waals surface area contributed by atoms with Gasteiger partial charge >= 0.3 is 10.4 Å². The molecule has 4 aliphatic carbocycles. The molecule has 0 radical (unpaired) electrons. The lowest BCUT2D eigenvalue weighted by molar-refractivity contribution is -0.370. The standard InChI is InChI=1S/C39H62O15S/c1-17-9-12-39(48-16-17)18(2)28-26(53-39)15-25-23-8-7-21-13-22(40)14-27(38(21,6)24(23)10-11-37(25,28)5)51-36-34(32(44)33(20(4)50-36)54-55(45,46)47)52-35-31(43)30(42)29(41)19(3)49-35/h7,17-20,22-36,40-44H,8-16H2,1-6H3,(H,45,46,47)/t17-,18?,19+,20-,22+,23?,24?,25?,26+,27+,28?,29+,30-,31-,32+,33+,34-,35+,36+,37+,38+,39-/m0/s1. The summed E-state index contributed by atoms with van der Waals surface area (Å²) in [5.41, 5.74) is 0.632. The smallest absolute Gasteiger partial charge is 0.393 e. The second-order valence-corrected chi connectivity index (χ2v) is 19.9. The molecule has 7 fully saturated rings. The van der Waals surface area contributed by atoms with Gasteiger partial charge in [-0.05, 0) is 87.4 Å². The number of hydrogen-bond donors (Lipinski definition) is 6. The first-order valence-electron chi connectivity index (χ1n) is 20.5. The normalized spacial score (nSPS) is 56.7. The number of hydrogen-bond acceptors (Lipinski definition) is 14. The second-order valence-electron chi connectivity index (χ2n) is 18.8. The van der Waals surface area contributed by atoms with Crippen molar-refractivity contribution < 1.29 is 71.1 Å². The summed E-state index contributed by atoms with van der Waals surface area (Å²) in [4.78, 5) is 0. The minimum Gasteiger partial charge on any atom is -0.393 e. The monoisotopic (exact) mass is 802 g/mol. The molecule has 4 saturated heterocycles. The van der Waals surface area contributed by atoms with Crippen LogP contribution in [0.15, 0.2) is 11.6 Å². The SMILES string of the molecule is CC1C2[C@@H](CC3C4CC=C5C[C@@H](O)C[C@@H](O[C@H]6O[C@@H](C)[C@@H](OS(=O)(=O)O)[C@@H](O)[C@@H]6O[C@H]6O[C@H](C)[C@@H](O)[C@H](O)[C@@H]6O)[C@@]5(C)C4CC[C@]32C)O[C@@]12CC[C@H](C)CO2. The molecule has 22 atom stereocenters. The largest absolute Gasteiger partial charge is 0.397 e. The zero-order valence-corrected chi connectivity index (χ0v) is 33.5. The fourth-order valence-electron chi connectivity index (χ4n) is 12.9. The minimum absolute atomic E-state index is 0.0660. The van der Waals surface area contributed by atoms with Crippen LogP contribution in [0.2, 0.25) is 0 Å². The Hall–Kier alpha value is -0.830. The van der Waals surface area contributed by atoms with E-state index in [1.54, 1.807) is 0 Å². The average Bonchev–Trinajstić information content (AvgIpc) is 3.56. The van der Waals surface area contributed by atoms with Crippen molar-refractivity contribution in [2.24, 2.45) is 46.3 Å². The van der Waals surface area contributed by atoms with Crippen LogP contribution in [0.1, 0.15) is 92.9 Å². The zero-order valence-electron chi connectivity index (χ0n) is 32.7. The third-order valence-corrected chi connectivity index (χ3v) is 16.3. The van der Waals surface area contributed by atoms with Crippen LogP contribution >= 0.6 is 0 Å². The molecule has 314 valence electrons. The summed E-state index contributed by atoms with van der Waals surface area (Å²) in [7, 11) is -5.05. The molecule has 15 nitrogen and oxygen atoms in total. The molecular weight excluding hydrogens is 740 g/mol. The molecular formula is C39H62O15S. The predicted octanol–water partition coefficient (Wildman–Crippen LogP) is 2.22. The van der Waals surface area contributed by atoms with Crippen molar-refractivity contribution in [2.75, 3.05) is 6.61 Å². The lowest BCUT2D eigenvalue weighted by Gasteiger charge is -2.60. The number of ether oxygens (including phenoxy) is 6. The van der Waals surface area contributed by atoms with Gasteiger partial charge in [0, 0.05) is 24.2 Å². The van der Waals surface area contributed by atoms with Crippen LogP contribution in [-0.2, 0) is 43.0 Å². The third kappa shape index (κ3) is 6.70. The molecule has 1 spiro atoms. The van der Waals surface area contributed by atoms with Crippen molar-refractivity contribution in [2.45, 2.75) is 178 Å². The summed E-state index contributed by atoms with van der Waals surface area (Å²) in [5, 5.41) is 54.5. The van der Waals surface area contributed by atoms with Gasteiger partial charge in [0.2, 0.25) is 0 Å². The highest BCUT2D eigenvalue weighted by Crippen LogP contribution is 2.71. The fraction of sp³-hybridized carbons (Fsp3) is 0.949. The van der Waals surface area contributed by atoms with Crippen LogP contribution in [0.5, 0.6) is 0 Å². The highest BCUT2D eigenvalue weighted by atomic mass is 32.3. The summed E-state index contributed by atoms with van der Waals surface area (Å²) in [5.74, 6) is 1.63. The Labute approximate surface area is 323 Å². The molecule has 0 aromatic rings. The lowest BCUT2D eigenvalue weighted by Crippen LogP contribution is -2.65. The summed E-state index contributed by atoms with van der Waals surface area (Å²) in [6.07, 6.45) is -7.23. The average molecular weight is 803 g/mol. The van der Waals surface area contributed by atoms with E-state index in [0.717, 1.165) is 50.7 Å². The topological polar surface area (TPSA) is 220 Å². The van der Waals surface area contributed by atoms with Gasteiger partial charge in [-0.2, -0.15) is 8.42 Å². The maximum absolute atomic E-state index is 11.8.